The highest BCUT2D eigenvalue weighted by Crippen LogP contribution is 2.33. The molecular formula is C15H17F3N4O3. The molecule has 0 bridgehead atoms. The van der Waals surface area contributed by atoms with Crippen LogP contribution in [0.15, 0.2) is 12.3 Å². The molecule has 1 aromatic heterocycles. The fraction of sp³-hybridized carbons (Fsp3) is 0.533. The molecule has 2 fully saturated rings. The van der Waals surface area contributed by atoms with Gasteiger partial charge in [0.25, 0.3) is 0 Å². The second-order valence-corrected chi connectivity index (χ2v) is 6.04. The van der Waals surface area contributed by atoms with Crippen LogP contribution in [0, 0.1) is 0 Å². The van der Waals surface area contributed by atoms with Gasteiger partial charge in [0.1, 0.15) is 17.1 Å². The van der Waals surface area contributed by atoms with E-state index in [1.54, 1.807) is 4.90 Å². The summed E-state index contributed by atoms with van der Waals surface area (Å²) in [5, 5.41) is 5.06. The van der Waals surface area contributed by atoms with Crippen molar-refractivity contribution < 1.29 is 27.5 Å². The summed E-state index contributed by atoms with van der Waals surface area (Å²) in [5.41, 5.74) is -1.10. The van der Waals surface area contributed by atoms with Gasteiger partial charge in [-0.3, -0.25) is 4.79 Å². The van der Waals surface area contributed by atoms with Gasteiger partial charge < -0.3 is 20.3 Å². The van der Waals surface area contributed by atoms with Crippen molar-refractivity contribution in [1.29, 1.82) is 0 Å². The maximum absolute atomic E-state index is 12.7. The topological polar surface area (TPSA) is 83.6 Å². The Morgan fingerprint density at radius 1 is 1.40 bits per heavy atom. The molecule has 136 valence electrons. The number of nitrogens with zero attached hydrogens (tertiary/aromatic N) is 2. The normalized spacial score (nSPS) is 20.6. The molecule has 2 aliphatic rings. The number of urea groups is 1. The standard InChI is InChI=1S/C15H17F3N4O3/c1-25-11-5-12(15(16,17)18)19-6-10(11)21-14(24)20-8-4-13(23)22(7-8)9-2-3-9/h5-6,8-9H,2-4,7H2,1H3,(H2,20,21,24). The highest BCUT2D eigenvalue weighted by atomic mass is 19.4. The molecule has 7 nitrogen and oxygen atoms in total. The highest BCUT2D eigenvalue weighted by Gasteiger charge is 2.39. The van der Waals surface area contributed by atoms with E-state index in [1.165, 1.54) is 7.11 Å². The predicted molar refractivity (Wildman–Crippen MR) is 81.1 cm³/mol. The van der Waals surface area contributed by atoms with E-state index in [0.29, 0.717) is 12.6 Å². The smallest absolute Gasteiger partial charge is 0.433 e. The van der Waals surface area contributed by atoms with Crippen molar-refractivity contribution in [3.05, 3.63) is 18.0 Å². The molecule has 1 unspecified atom stereocenters. The van der Waals surface area contributed by atoms with E-state index < -0.39 is 17.9 Å². The summed E-state index contributed by atoms with van der Waals surface area (Å²) >= 11 is 0. The Labute approximate surface area is 141 Å². The second kappa shape index (κ2) is 6.41. The van der Waals surface area contributed by atoms with Crippen LogP contribution in [0.2, 0.25) is 0 Å². The lowest BCUT2D eigenvalue weighted by molar-refractivity contribution is -0.141. The summed E-state index contributed by atoms with van der Waals surface area (Å²) in [6.45, 7) is 0.444. The molecule has 25 heavy (non-hydrogen) atoms. The number of hydrogen-bond acceptors (Lipinski definition) is 4. The number of carbonyl (C=O) groups is 2. The zero-order valence-electron chi connectivity index (χ0n) is 13.4. The molecule has 1 atom stereocenters. The fourth-order valence-corrected chi connectivity index (χ4v) is 2.77. The monoisotopic (exact) mass is 358 g/mol. The van der Waals surface area contributed by atoms with Crippen LogP contribution in [0.1, 0.15) is 25.0 Å². The maximum Gasteiger partial charge on any atom is 0.433 e. The van der Waals surface area contributed by atoms with Crippen molar-refractivity contribution in [1.82, 2.24) is 15.2 Å². The van der Waals surface area contributed by atoms with Crippen molar-refractivity contribution in [2.24, 2.45) is 0 Å². The fourth-order valence-electron chi connectivity index (χ4n) is 2.77. The van der Waals surface area contributed by atoms with Crippen molar-refractivity contribution in [2.45, 2.75) is 37.5 Å². The zero-order chi connectivity index (χ0) is 18.2. The minimum Gasteiger partial charge on any atom is -0.494 e. The zero-order valence-corrected chi connectivity index (χ0v) is 13.4. The largest absolute Gasteiger partial charge is 0.494 e. The van der Waals surface area contributed by atoms with Gasteiger partial charge in [-0.15, -0.1) is 0 Å². The van der Waals surface area contributed by atoms with Gasteiger partial charge in [-0.05, 0) is 12.8 Å². The number of rotatable bonds is 4. The number of likely N-dealkylation sites (tertiary alicyclic amines) is 1. The van der Waals surface area contributed by atoms with Crippen molar-refractivity contribution >= 4 is 17.6 Å². The Kier molecular flexibility index (Phi) is 4.44. The van der Waals surface area contributed by atoms with Gasteiger partial charge in [0.2, 0.25) is 5.91 Å². The Morgan fingerprint density at radius 3 is 2.72 bits per heavy atom. The Bertz CT molecular complexity index is 691. The summed E-state index contributed by atoms with van der Waals surface area (Å²) in [7, 11) is 1.20. The first-order valence-corrected chi connectivity index (χ1v) is 7.76. The van der Waals surface area contributed by atoms with E-state index in [2.05, 4.69) is 15.6 Å². The quantitative estimate of drug-likeness (QED) is 0.862. The third-order valence-electron chi connectivity index (χ3n) is 4.11. The molecule has 2 heterocycles. The number of pyridine rings is 1. The number of nitrogens with one attached hydrogen (secondary N) is 2. The van der Waals surface area contributed by atoms with E-state index in [9.17, 15) is 22.8 Å². The SMILES string of the molecule is COc1cc(C(F)(F)F)ncc1NC(=O)NC1CC(=O)N(C2CC2)C1. The van der Waals surface area contributed by atoms with Crippen LogP contribution in [0.5, 0.6) is 5.75 Å². The van der Waals surface area contributed by atoms with Gasteiger partial charge in [0.05, 0.1) is 19.3 Å². The molecule has 0 spiro atoms. The molecule has 10 heteroatoms. The van der Waals surface area contributed by atoms with E-state index in [-0.39, 0.29) is 35.8 Å². The predicted octanol–water partition coefficient (Wildman–Crippen LogP) is 1.99. The molecule has 3 rings (SSSR count). The van der Waals surface area contributed by atoms with Crippen LogP contribution in [0.3, 0.4) is 0 Å². The summed E-state index contributed by atoms with van der Waals surface area (Å²) in [6, 6.07) is 0.0298. The van der Waals surface area contributed by atoms with Crippen molar-refractivity contribution in [3.63, 3.8) is 0 Å². The molecule has 3 amide bonds. The van der Waals surface area contributed by atoms with E-state index in [1.807, 2.05) is 0 Å². The minimum absolute atomic E-state index is 0.00146. The molecule has 1 aliphatic carbocycles. The van der Waals surface area contributed by atoms with Crippen LogP contribution >= 0.6 is 0 Å². The summed E-state index contributed by atoms with van der Waals surface area (Å²) in [5.74, 6) is -0.152. The Morgan fingerprint density at radius 2 is 2.12 bits per heavy atom. The second-order valence-electron chi connectivity index (χ2n) is 6.04. The molecule has 1 saturated heterocycles. The van der Waals surface area contributed by atoms with Crippen LogP contribution in [0.4, 0.5) is 23.7 Å². The van der Waals surface area contributed by atoms with Crippen molar-refractivity contribution in [3.8, 4) is 5.75 Å². The molecule has 0 radical (unpaired) electrons. The van der Waals surface area contributed by atoms with Crippen LogP contribution in [-0.4, -0.2) is 47.6 Å². The number of aromatic nitrogens is 1. The summed E-state index contributed by atoms with van der Waals surface area (Å²) in [6.07, 6.45) is -1.54. The maximum atomic E-state index is 12.7. The molecular weight excluding hydrogens is 341 g/mol. The van der Waals surface area contributed by atoms with E-state index in [0.717, 1.165) is 19.0 Å². The van der Waals surface area contributed by atoms with Crippen LogP contribution in [0.25, 0.3) is 0 Å². The van der Waals surface area contributed by atoms with Gasteiger partial charge in [-0.25, -0.2) is 9.78 Å². The van der Waals surface area contributed by atoms with Gasteiger partial charge >= 0.3 is 12.2 Å². The number of halogens is 3. The number of anilines is 1. The lowest BCUT2D eigenvalue weighted by atomic mass is 10.2. The summed E-state index contributed by atoms with van der Waals surface area (Å²) < 4.78 is 42.9. The average molecular weight is 358 g/mol. The third kappa shape index (κ3) is 3.94. The number of ether oxygens (including phenoxy) is 1. The Hall–Kier alpha value is -2.52. The molecule has 1 aromatic rings. The van der Waals surface area contributed by atoms with Gasteiger partial charge in [0, 0.05) is 25.1 Å². The summed E-state index contributed by atoms with van der Waals surface area (Å²) in [4.78, 5) is 29.0. The average Bonchev–Trinajstić information content (AvgIpc) is 3.30. The highest BCUT2D eigenvalue weighted by molar-refractivity contribution is 5.91. The first kappa shape index (κ1) is 17.3. The number of methoxy groups -OCH3 is 1. The van der Waals surface area contributed by atoms with Crippen LogP contribution < -0.4 is 15.4 Å². The Balaban J connectivity index is 1.62. The molecule has 2 N–H and O–H groups in total. The van der Waals surface area contributed by atoms with Crippen LogP contribution in [-0.2, 0) is 11.0 Å². The van der Waals surface area contributed by atoms with Gasteiger partial charge in [0.15, 0.2) is 0 Å². The van der Waals surface area contributed by atoms with Gasteiger partial charge in [-0.2, -0.15) is 13.2 Å². The lowest BCUT2D eigenvalue weighted by Gasteiger charge is -2.17. The number of amides is 3. The molecule has 1 saturated carbocycles. The number of carbonyl (C=O) groups excluding carboxylic acids is 2. The third-order valence-corrected chi connectivity index (χ3v) is 4.11. The van der Waals surface area contributed by atoms with Crippen molar-refractivity contribution in [2.75, 3.05) is 19.0 Å². The lowest BCUT2D eigenvalue weighted by Crippen LogP contribution is -2.40. The first-order valence-electron chi connectivity index (χ1n) is 7.76. The molecule has 0 aromatic carbocycles. The first-order chi connectivity index (χ1) is 11.8. The molecule has 1 aliphatic heterocycles. The number of alkyl halides is 3. The van der Waals surface area contributed by atoms with E-state index in [4.69, 9.17) is 4.74 Å². The minimum atomic E-state index is -4.61. The van der Waals surface area contributed by atoms with Gasteiger partial charge in [-0.1, -0.05) is 0 Å². The number of hydrogen-bond donors (Lipinski definition) is 2. The van der Waals surface area contributed by atoms with E-state index >= 15 is 0 Å².